The van der Waals surface area contributed by atoms with Gasteiger partial charge in [-0.1, -0.05) is 35.9 Å². The Hall–Kier alpha value is -2.67. The summed E-state index contributed by atoms with van der Waals surface area (Å²) in [6.45, 7) is 10.7. The first-order chi connectivity index (χ1) is 15.7. The number of rotatable bonds is 5. The van der Waals surface area contributed by atoms with Crippen LogP contribution in [-0.4, -0.2) is 78.1 Å². The summed E-state index contributed by atoms with van der Waals surface area (Å²) in [6.07, 6.45) is 2.07. The van der Waals surface area contributed by atoms with E-state index in [0.717, 1.165) is 82.0 Å². The zero-order valence-electron chi connectivity index (χ0n) is 18.8. The average Bonchev–Trinajstić information content (AvgIpc) is 3.24. The summed E-state index contributed by atoms with van der Waals surface area (Å²) >= 11 is 0. The minimum absolute atomic E-state index is 0.147. The molecule has 32 heavy (non-hydrogen) atoms. The summed E-state index contributed by atoms with van der Waals surface area (Å²) < 4.78 is 5.48. The molecule has 2 aromatic carbocycles. The van der Waals surface area contributed by atoms with Gasteiger partial charge in [0.15, 0.2) is 0 Å². The number of nitrogens with zero attached hydrogens (tertiary/aromatic N) is 3. The highest BCUT2D eigenvalue weighted by Crippen LogP contribution is 2.26. The van der Waals surface area contributed by atoms with Gasteiger partial charge in [-0.15, -0.1) is 0 Å². The molecule has 0 saturated carbocycles. The third-order valence-corrected chi connectivity index (χ3v) is 6.70. The third-order valence-electron chi connectivity index (χ3n) is 6.70. The maximum absolute atomic E-state index is 13.5. The van der Waals surface area contributed by atoms with Crippen molar-refractivity contribution in [2.75, 3.05) is 52.5 Å². The lowest BCUT2D eigenvalue weighted by Gasteiger charge is -2.35. The zero-order chi connectivity index (χ0) is 21.9. The SMILES string of the molecule is Cc1ccc(CN2CCN(C(=O)c3cccc4[nH]cc(CN5CCOCC5)c34)CC2)cc1. The van der Waals surface area contributed by atoms with Crippen LogP contribution in [0.2, 0.25) is 0 Å². The van der Waals surface area contributed by atoms with Crippen LogP contribution in [0.15, 0.2) is 48.7 Å². The predicted molar refractivity (Wildman–Crippen MR) is 127 cm³/mol. The van der Waals surface area contributed by atoms with Crippen LogP contribution < -0.4 is 0 Å². The van der Waals surface area contributed by atoms with Gasteiger partial charge in [0.1, 0.15) is 0 Å². The molecule has 2 aliphatic heterocycles. The Labute approximate surface area is 189 Å². The maximum Gasteiger partial charge on any atom is 0.254 e. The van der Waals surface area contributed by atoms with E-state index in [9.17, 15) is 4.79 Å². The topological polar surface area (TPSA) is 51.8 Å². The van der Waals surface area contributed by atoms with Crippen LogP contribution in [0, 0.1) is 6.92 Å². The number of ether oxygens (including phenoxy) is 1. The highest BCUT2D eigenvalue weighted by atomic mass is 16.5. The van der Waals surface area contributed by atoms with Gasteiger partial charge in [0.05, 0.1) is 13.2 Å². The van der Waals surface area contributed by atoms with E-state index in [0.29, 0.717) is 0 Å². The molecule has 6 heteroatoms. The smallest absolute Gasteiger partial charge is 0.254 e. The van der Waals surface area contributed by atoms with Crippen molar-refractivity contribution in [1.29, 1.82) is 0 Å². The minimum Gasteiger partial charge on any atom is -0.379 e. The molecule has 1 aromatic heterocycles. The maximum atomic E-state index is 13.5. The zero-order valence-corrected chi connectivity index (χ0v) is 18.8. The summed E-state index contributed by atoms with van der Waals surface area (Å²) in [5.41, 5.74) is 5.68. The van der Waals surface area contributed by atoms with Crippen LogP contribution in [0.25, 0.3) is 10.9 Å². The summed E-state index contributed by atoms with van der Waals surface area (Å²) in [5.74, 6) is 0.147. The molecule has 0 bridgehead atoms. The van der Waals surface area contributed by atoms with Crippen molar-refractivity contribution in [3.63, 3.8) is 0 Å². The first-order valence-electron chi connectivity index (χ1n) is 11.6. The van der Waals surface area contributed by atoms with Crippen LogP contribution in [0.4, 0.5) is 0 Å². The lowest BCUT2D eigenvalue weighted by Crippen LogP contribution is -2.48. The molecule has 168 valence electrons. The normalized spacial score (nSPS) is 18.3. The number of amides is 1. The number of nitrogens with one attached hydrogen (secondary N) is 1. The quantitative estimate of drug-likeness (QED) is 0.672. The number of hydrogen-bond donors (Lipinski definition) is 1. The fraction of sp³-hybridized carbons (Fsp3) is 0.423. The van der Waals surface area contributed by atoms with Gasteiger partial charge >= 0.3 is 0 Å². The highest BCUT2D eigenvalue weighted by Gasteiger charge is 2.25. The monoisotopic (exact) mass is 432 g/mol. The second kappa shape index (κ2) is 9.45. The molecule has 2 saturated heterocycles. The van der Waals surface area contributed by atoms with Crippen LogP contribution in [0.5, 0.6) is 0 Å². The Morgan fingerprint density at radius 1 is 0.906 bits per heavy atom. The number of H-pyrrole nitrogens is 1. The Balaban J connectivity index is 1.27. The molecule has 0 radical (unpaired) electrons. The number of carbonyl (C=O) groups is 1. The van der Waals surface area contributed by atoms with E-state index in [4.69, 9.17) is 4.74 Å². The lowest BCUT2D eigenvalue weighted by molar-refractivity contribution is 0.0343. The third kappa shape index (κ3) is 4.58. The molecule has 1 N–H and O–H groups in total. The molecule has 2 aliphatic rings. The van der Waals surface area contributed by atoms with Gasteiger partial charge in [0, 0.05) is 75.0 Å². The number of piperazine rings is 1. The van der Waals surface area contributed by atoms with Gasteiger partial charge in [0.25, 0.3) is 5.91 Å². The number of fused-ring (bicyclic) bond motifs is 1. The molecule has 2 fully saturated rings. The number of aromatic amines is 1. The molecule has 0 aliphatic carbocycles. The Morgan fingerprint density at radius 3 is 2.38 bits per heavy atom. The molecule has 1 amide bonds. The summed E-state index contributed by atoms with van der Waals surface area (Å²) in [5, 5.41) is 1.08. The van der Waals surface area contributed by atoms with Crippen molar-refractivity contribution < 1.29 is 9.53 Å². The number of aryl methyl sites for hydroxylation is 1. The van der Waals surface area contributed by atoms with Gasteiger partial charge in [0.2, 0.25) is 0 Å². The van der Waals surface area contributed by atoms with E-state index >= 15 is 0 Å². The van der Waals surface area contributed by atoms with Gasteiger partial charge in [-0.2, -0.15) is 0 Å². The lowest BCUT2D eigenvalue weighted by atomic mass is 10.0. The van der Waals surface area contributed by atoms with Crippen molar-refractivity contribution in [3.8, 4) is 0 Å². The number of morpholine rings is 1. The molecule has 3 heterocycles. The second-order valence-corrected chi connectivity index (χ2v) is 8.98. The van der Waals surface area contributed by atoms with Gasteiger partial charge in [-0.3, -0.25) is 14.6 Å². The van der Waals surface area contributed by atoms with E-state index in [1.54, 1.807) is 0 Å². The van der Waals surface area contributed by atoms with Crippen molar-refractivity contribution in [1.82, 2.24) is 19.7 Å². The van der Waals surface area contributed by atoms with Gasteiger partial charge in [-0.05, 0) is 30.2 Å². The van der Waals surface area contributed by atoms with E-state index in [-0.39, 0.29) is 5.91 Å². The van der Waals surface area contributed by atoms with Crippen molar-refractivity contribution in [2.45, 2.75) is 20.0 Å². The molecule has 0 atom stereocenters. The average molecular weight is 433 g/mol. The molecule has 0 spiro atoms. The number of carbonyl (C=O) groups excluding carboxylic acids is 1. The predicted octanol–water partition coefficient (Wildman–Crippen LogP) is 3.27. The first-order valence-corrected chi connectivity index (χ1v) is 11.6. The Morgan fingerprint density at radius 2 is 1.62 bits per heavy atom. The highest BCUT2D eigenvalue weighted by molar-refractivity contribution is 6.07. The van der Waals surface area contributed by atoms with E-state index in [1.165, 1.54) is 16.7 Å². The number of benzene rings is 2. The second-order valence-electron chi connectivity index (χ2n) is 8.98. The van der Waals surface area contributed by atoms with Crippen molar-refractivity contribution in [3.05, 3.63) is 70.9 Å². The molecular weight excluding hydrogens is 400 g/mol. The standard InChI is InChI=1S/C26H32N4O2/c1-20-5-7-21(8-6-20)18-28-9-11-30(12-10-28)26(31)23-3-2-4-24-25(23)22(17-27-24)19-29-13-15-32-16-14-29/h2-8,17,27H,9-16,18-19H2,1H3. The fourth-order valence-electron chi connectivity index (χ4n) is 4.79. The van der Waals surface area contributed by atoms with Crippen LogP contribution in [0.3, 0.4) is 0 Å². The Kier molecular flexibility index (Phi) is 6.26. The van der Waals surface area contributed by atoms with Crippen LogP contribution >= 0.6 is 0 Å². The molecule has 0 unspecified atom stereocenters. The van der Waals surface area contributed by atoms with E-state index < -0.39 is 0 Å². The molecule has 3 aromatic rings. The van der Waals surface area contributed by atoms with Gasteiger partial charge < -0.3 is 14.6 Å². The van der Waals surface area contributed by atoms with Crippen LogP contribution in [0.1, 0.15) is 27.0 Å². The van der Waals surface area contributed by atoms with E-state index in [2.05, 4.69) is 58.2 Å². The summed E-state index contributed by atoms with van der Waals surface area (Å²) in [7, 11) is 0. The molecule has 6 nitrogen and oxygen atoms in total. The number of hydrogen-bond acceptors (Lipinski definition) is 4. The van der Waals surface area contributed by atoms with Crippen LogP contribution in [-0.2, 0) is 17.8 Å². The van der Waals surface area contributed by atoms with Gasteiger partial charge in [-0.25, -0.2) is 0 Å². The summed E-state index contributed by atoms with van der Waals surface area (Å²) in [6, 6.07) is 14.8. The summed E-state index contributed by atoms with van der Waals surface area (Å²) in [4.78, 5) is 23.8. The molecular formula is C26H32N4O2. The minimum atomic E-state index is 0.147. The number of aromatic nitrogens is 1. The Bertz CT molecular complexity index is 1060. The van der Waals surface area contributed by atoms with E-state index in [1.807, 2.05) is 17.0 Å². The fourth-order valence-corrected chi connectivity index (χ4v) is 4.79. The molecule has 5 rings (SSSR count). The van der Waals surface area contributed by atoms with Crippen molar-refractivity contribution in [2.24, 2.45) is 0 Å². The van der Waals surface area contributed by atoms with Crippen molar-refractivity contribution >= 4 is 16.8 Å². The largest absolute Gasteiger partial charge is 0.379 e. The first kappa shape index (κ1) is 21.2.